The van der Waals surface area contributed by atoms with E-state index in [0.717, 1.165) is 0 Å². The Balaban J connectivity index is 2.56. The number of rotatable bonds is 3. The Bertz CT molecular complexity index is 227. The second-order valence-electron chi connectivity index (χ2n) is 1.91. The van der Waals surface area contributed by atoms with Gasteiger partial charge in [0.2, 0.25) is 0 Å². The summed E-state index contributed by atoms with van der Waals surface area (Å²) in [5.41, 5.74) is 0. The van der Waals surface area contributed by atoms with E-state index >= 15 is 0 Å². The van der Waals surface area contributed by atoms with Crippen molar-refractivity contribution in [3.8, 4) is 5.75 Å². The Kier molecular flexibility index (Phi) is 3.17. The molecule has 1 rings (SSSR count). The van der Waals surface area contributed by atoms with Crippen LogP contribution in [0.3, 0.4) is 0 Å². The normalized spacial score (nSPS) is 9.64. The van der Waals surface area contributed by atoms with Gasteiger partial charge in [0.1, 0.15) is 19.0 Å². The summed E-state index contributed by atoms with van der Waals surface area (Å²) in [4.78, 5) is 0. The van der Waals surface area contributed by atoms with Gasteiger partial charge in [0.15, 0.2) is 0 Å². The van der Waals surface area contributed by atoms with Gasteiger partial charge in [0, 0.05) is 11.1 Å². The van der Waals surface area contributed by atoms with Crippen LogP contribution in [0.1, 0.15) is 0 Å². The number of halogens is 2. The van der Waals surface area contributed by atoms with E-state index in [0.29, 0.717) is 10.8 Å². The zero-order valence-corrected chi connectivity index (χ0v) is 6.57. The largest absolute Gasteiger partial charge is 0.490 e. The van der Waals surface area contributed by atoms with Crippen LogP contribution in [0.2, 0.25) is 5.02 Å². The summed E-state index contributed by atoms with van der Waals surface area (Å²) in [7, 11) is 0. The second kappa shape index (κ2) is 4.19. The summed E-state index contributed by atoms with van der Waals surface area (Å²) >= 11 is 5.63. The van der Waals surface area contributed by atoms with E-state index in [-0.39, 0.29) is 6.61 Å². The second-order valence-corrected chi connectivity index (χ2v) is 2.35. The molecule has 0 aliphatic carbocycles. The number of benzene rings is 1. The first kappa shape index (κ1) is 8.34. The van der Waals surface area contributed by atoms with Crippen molar-refractivity contribution in [2.45, 2.75) is 0 Å². The Morgan fingerprint density at radius 1 is 1.64 bits per heavy atom. The SMILES string of the molecule is FCCOc1[c]ccc(Cl)c1. The third kappa shape index (κ3) is 2.76. The van der Waals surface area contributed by atoms with E-state index in [2.05, 4.69) is 6.07 Å². The van der Waals surface area contributed by atoms with Crippen molar-refractivity contribution in [2.24, 2.45) is 0 Å². The van der Waals surface area contributed by atoms with Crippen LogP contribution in [-0.4, -0.2) is 13.3 Å². The molecule has 0 aromatic heterocycles. The Morgan fingerprint density at radius 3 is 3.09 bits per heavy atom. The molecule has 0 bridgehead atoms. The van der Waals surface area contributed by atoms with Crippen LogP contribution in [0.15, 0.2) is 18.2 Å². The molecule has 0 heterocycles. The minimum atomic E-state index is -0.500. The maximum Gasteiger partial charge on any atom is 0.128 e. The molecular formula is C8H7ClFO. The van der Waals surface area contributed by atoms with Crippen LogP contribution in [0.5, 0.6) is 5.75 Å². The molecule has 59 valence electrons. The lowest BCUT2D eigenvalue weighted by Gasteiger charge is -2.01. The quantitative estimate of drug-likeness (QED) is 0.683. The summed E-state index contributed by atoms with van der Waals surface area (Å²) in [5, 5.41) is 0.567. The molecule has 0 saturated heterocycles. The van der Waals surface area contributed by atoms with Gasteiger partial charge in [0.05, 0.1) is 0 Å². The van der Waals surface area contributed by atoms with Gasteiger partial charge >= 0.3 is 0 Å². The maximum atomic E-state index is 11.6. The van der Waals surface area contributed by atoms with Gasteiger partial charge in [-0.15, -0.1) is 0 Å². The maximum absolute atomic E-state index is 11.6. The predicted molar refractivity (Wildman–Crippen MR) is 41.8 cm³/mol. The highest BCUT2D eigenvalue weighted by Crippen LogP contribution is 2.15. The fourth-order valence-corrected chi connectivity index (χ4v) is 0.812. The lowest BCUT2D eigenvalue weighted by Crippen LogP contribution is -1.98. The minimum absolute atomic E-state index is 0.0524. The molecular weight excluding hydrogens is 167 g/mol. The number of ether oxygens (including phenoxy) is 1. The number of alkyl halides is 1. The Morgan fingerprint density at radius 2 is 2.45 bits per heavy atom. The van der Waals surface area contributed by atoms with Gasteiger partial charge in [-0.3, -0.25) is 0 Å². The lowest BCUT2D eigenvalue weighted by molar-refractivity contribution is 0.273. The van der Waals surface area contributed by atoms with Crippen molar-refractivity contribution in [1.82, 2.24) is 0 Å². The first-order valence-electron chi connectivity index (χ1n) is 3.19. The van der Waals surface area contributed by atoms with Gasteiger partial charge in [-0.25, -0.2) is 4.39 Å². The van der Waals surface area contributed by atoms with E-state index < -0.39 is 6.67 Å². The van der Waals surface area contributed by atoms with Crippen molar-refractivity contribution in [3.63, 3.8) is 0 Å². The van der Waals surface area contributed by atoms with Crippen LogP contribution < -0.4 is 4.74 Å². The van der Waals surface area contributed by atoms with Crippen LogP contribution in [-0.2, 0) is 0 Å². The van der Waals surface area contributed by atoms with Crippen LogP contribution >= 0.6 is 11.6 Å². The molecule has 0 unspecified atom stereocenters. The van der Waals surface area contributed by atoms with Gasteiger partial charge < -0.3 is 4.74 Å². The monoisotopic (exact) mass is 173 g/mol. The summed E-state index contributed by atoms with van der Waals surface area (Å²) < 4.78 is 16.5. The van der Waals surface area contributed by atoms with Crippen molar-refractivity contribution >= 4 is 11.6 Å². The molecule has 1 nitrogen and oxygen atoms in total. The van der Waals surface area contributed by atoms with Crippen LogP contribution in [0, 0.1) is 6.07 Å². The molecule has 0 aliphatic heterocycles. The summed E-state index contributed by atoms with van der Waals surface area (Å²) in [6.45, 7) is -0.447. The summed E-state index contributed by atoms with van der Waals surface area (Å²) in [5.74, 6) is 0.482. The van der Waals surface area contributed by atoms with Gasteiger partial charge in [-0.2, -0.15) is 0 Å². The van der Waals surface area contributed by atoms with Crippen LogP contribution in [0.25, 0.3) is 0 Å². The average Bonchev–Trinajstić information content (AvgIpc) is 2.01. The van der Waals surface area contributed by atoms with E-state index in [1.807, 2.05) is 0 Å². The molecule has 1 aromatic carbocycles. The molecule has 11 heavy (non-hydrogen) atoms. The molecule has 0 atom stereocenters. The topological polar surface area (TPSA) is 9.23 Å². The first-order chi connectivity index (χ1) is 5.33. The molecule has 0 fully saturated rings. The van der Waals surface area contributed by atoms with Gasteiger partial charge in [-0.05, 0) is 18.2 Å². The molecule has 0 N–H and O–H groups in total. The highest BCUT2D eigenvalue weighted by atomic mass is 35.5. The summed E-state index contributed by atoms with van der Waals surface area (Å²) in [6.07, 6.45) is 0. The Labute approximate surface area is 69.7 Å². The first-order valence-corrected chi connectivity index (χ1v) is 3.57. The average molecular weight is 174 g/mol. The van der Waals surface area contributed by atoms with Crippen molar-refractivity contribution in [1.29, 1.82) is 0 Å². The Hall–Kier alpha value is -0.760. The third-order valence-corrected chi connectivity index (χ3v) is 1.31. The van der Waals surface area contributed by atoms with E-state index in [4.69, 9.17) is 16.3 Å². The van der Waals surface area contributed by atoms with E-state index in [9.17, 15) is 4.39 Å². The van der Waals surface area contributed by atoms with Crippen LogP contribution in [0.4, 0.5) is 4.39 Å². The predicted octanol–water partition coefficient (Wildman–Crippen LogP) is 2.49. The zero-order valence-electron chi connectivity index (χ0n) is 5.81. The molecule has 3 heteroatoms. The highest BCUT2D eigenvalue weighted by molar-refractivity contribution is 6.30. The van der Waals surface area contributed by atoms with Crippen molar-refractivity contribution in [3.05, 3.63) is 29.3 Å². The molecule has 0 saturated carbocycles. The lowest BCUT2D eigenvalue weighted by atomic mass is 10.3. The smallest absolute Gasteiger partial charge is 0.128 e. The summed E-state index contributed by atoms with van der Waals surface area (Å²) in [6, 6.07) is 7.68. The molecule has 0 amide bonds. The fraction of sp³-hybridized carbons (Fsp3) is 0.250. The molecule has 0 aliphatic rings. The third-order valence-electron chi connectivity index (χ3n) is 1.07. The van der Waals surface area contributed by atoms with Crippen molar-refractivity contribution in [2.75, 3.05) is 13.3 Å². The zero-order chi connectivity index (χ0) is 8.10. The fourth-order valence-electron chi connectivity index (χ4n) is 0.650. The van der Waals surface area contributed by atoms with E-state index in [1.165, 1.54) is 0 Å². The standard InChI is InChI=1S/C8H7ClFO/c9-7-2-1-3-8(6-7)11-5-4-10/h1-2,6H,4-5H2. The molecule has 1 aromatic rings. The highest BCUT2D eigenvalue weighted by Gasteiger charge is 1.93. The van der Waals surface area contributed by atoms with Gasteiger partial charge in [-0.1, -0.05) is 11.6 Å². The van der Waals surface area contributed by atoms with Gasteiger partial charge in [0.25, 0.3) is 0 Å². The number of hydrogen-bond acceptors (Lipinski definition) is 1. The minimum Gasteiger partial charge on any atom is -0.490 e. The molecule has 1 radical (unpaired) electrons. The van der Waals surface area contributed by atoms with Crippen molar-refractivity contribution < 1.29 is 9.13 Å². The number of hydrogen-bond donors (Lipinski definition) is 0. The molecule has 0 spiro atoms. The van der Waals surface area contributed by atoms with E-state index in [1.54, 1.807) is 18.2 Å².